The molecule has 0 aliphatic carbocycles. The Morgan fingerprint density at radius 1 is 0.976 bits per heavy atom. The number of ether oxygens (including phenoxy) is 1. The quantitative estimate of drug-likeness (QED) is 0.370. The molecule has 1 aromatic heterocycles. The first-order chi connectivity index (χ1) is 20.0. The Morgan fingerprint density at radius 2 is 1.63 bits per heavy atom. The van der Waals surface area contributed by atoms with Crippen molar-refractivity contribution >= 4 is 17.5 Å². The molecule has 1 saturated heterocycles. The van der Waals surface area contributed by atoms with Crippen molar-refractivity contribution in [3.8, 4) is 0 Å². The van der Waals surface area contributed by atoms with Crippen LogP contribution in [0.15, 0.2) is 85.2 Å². The van der Waals surface area contributed by atoms with Crippen molar-refractivity contribution in [1.82, 2.24) is 19.4 Å². The fourth-order valence-corrected chi connectivity index (χ4v) is 5.93. The predicted octanol–water partition coefficient (Wildman–Crippen LogP) is 3.77. The van der Waals surface area contributed by atoms with E-state index >= 15 is 0 Å². The van der Waals surface area contributed by atoms with Crippen LogP contribution in [0.3, 0.4) is 0 Å². The van der Waals surface area contributed by atoms with E-state index in [2.05, 4.69) is 10.6 Å². The molecule has 0 bridgehead atoms. The summed E-state index contributed by atoms with van der Waals surface area (Å²) in [5, 5.41) is 0. The molecule has 2 aliphatic rings. The summed E-state index contributed by atoms with van der Waals surface area (Å²) in [5.74, 6) is -0.662. The molecule has 4 aromatic rings. The average Bonchev–Trinajstić information content (AvgIpc) is 3.41. The lowest BCUT2D eigenvalue weighted by atomic mass is 9.88. The second kappa shape index (κ2) is 11.6. The van der Waals surface area contributed by atoms with Gasteiger partial charge in [-0.3, -0.25) is 9.59 Å². The third kappa shape index (κ3) is 5.47. The summed E-state index contributed by atoms with van der Waals surface area (Å²) < 4.78 is 7.62. The highest BCUT2D eigenvalue weighted by molar-refractivity contribution is 5.93. The average molecular weight is 550 g/mol. The molecule has 3 heterocycles. The Kier molecular flexibility index (Phi) is 7.57. The number of carbonyl (C=O) groups is 2. The zero-order valence-corrected chi connectivity index (χ0v) is 23.3. The Balaban J connectivity index is 1.37. The van der Waals surface area contributed by atoms with E-state index in [1.54, 1.807) is 4.90 Å². The summed E-state index contributed by atoms with van der Waals surface area (Å²) in [6, 6.07) is 25.0. The van der Waals surface area contributed by atoms with Crippen LogP contribution in [0, 0.1) is 6.92 Å². The molecule has 2 N–H and O–H groups in total. The van der Waals surface area contributed by atoms with Crippen molar-refractivity contribution in [1.29, 1.82) is 0 Å². The third-order valence-corrected chi connectivity index (χ3v) is 8.21. The summed E-state index contributed by atoms with van der Waals surface area (Å²) >= 11 is 0. The number of imidazole rings is 1. The van der Waals surface area contributed by atoms with Gasteiger partial charge in [0.25, 0.3) is 0 Å². The Labute approximate surface area is 240 Å². The molecule has 8 nitrogen and oxygen atoms in total. The Hall–Kier alpha value is -4.43. The molecule has 41 heavy (non-hydrogen) atoms. The van der Waals surface area contributed by atoms with E-state index in [0.29, 0.717) is 39.3 Å². The normalized spacial score (nSPS) is 17.0. The number of amides is 2. The smallest absolute Gasteiger partial charge is 0.245 e. The standard InChI is InChI=1S/C33H35N5O3/c1-23-18-24(12-13-27(23)34)20-37-22-35-28-21-38(30(19-29(28)37)32(39)36-14-16-41-17-15-36)33(40)31(25-8-4-2-5-9-25)26-10-6-3-7-11-26/h2-13,18,22,30-31H,14-17,19-21,34H2,1H3. The molecule has 8 heteroatoms. The van der Waals surface area contributed by atoms with Gasteiger partial charge in [0, 0.05) is 37.4 Å². The summed E-state index contributed by atoms with van der Waals surface area (Å²) in [6.45, 7) is 4.94. The van der Waals surface area contributed by atoms with Gasteiger partial charge >= 0.3 is 0 Å². The van der Waals surface area contributed by atoms with E-state index in [-0.39, 0.29) is 18.4 Å². The highest BCUT2D eigenvalue weighted by Crippen LogP contribution is 2.32. The van der Waals surface area contributed by atoms with Gasteiger partial charge in [-0.1, -0.05) is 72.8 Å². The van der Waals surface area contributed by atoms with Gasteiger partial charge < -0.3 is 24.8 Å². The number of morpholine rings is 1. The zero-order valence-electron chi connectivity index (χ0n) is 23.3. The molecule has 2 aliphatic heterocycles. The first-order valence-corrected chi connectivity index (χ1v) is 14.1. The fourth-order valence-electron chi connectivity index (χ4n) is 5.93. The van der Waals surface area contributed by atoms with Gasteiger partial charge in [0.15, 0.2) is 0 Å². The van der Waals surface area contributed by atoms with Crippen molar-refractivity contribution < 1.29 is 14.3 Å². The SMILES string of the molecule is Cc1cc(Cn2cnc3c2CC(C(=O)N2CCOCC2)N(C(=O)C(c2ccccc2)c2ccccc2)C3)ccc1N. The first kappa shape index (κ1) is 26.8. The molecule has 0 spiro atoms. The number of anilines is 1. The topological polar surface area (TPSA) is 93.7 Å². The molecular formula is C33H35N5O3. The van der Waals surface area contributed by atoms with Crippen LogP contribution in [-0.4, -0.2) is 63.5 Å². The van der Waals surface area contributed by atoms with Gasteiger partial charge in [-0.15, -0.1) is 0 Å². The van der Waals surface area contributed by atoms with Crippen molar-refractivity contribution in [3.05, 3.63) is 119 Å². The van der Waals surface area contributed by atoms with Gasteiger partial charge in [-0.05, 0) is 35.2 Å². The first-order valence-electron chi connectivity index (χ1n) is 14.1. The van der Waals surface area contributed by atoms with Gasteiger partial charge in [0.2, 0.25) is 11.8 Å². The van der Waals surface area contributed by atoms with E-state index in [1.165, 1.54) is 0 Å². The number of carbonyl (C=O) groups excluding carboxylic acids is 2. The van der Waals surface area contributed by atoms with E-state index in [4.69, 9.17) is 15.5 Å². The minimum Gasteiger partial charge on any atom is -0.399 e. The van der Waals surface area contributed by atoms with Crippen LogP contribution < -0.4 is 5.73 Å². The number of nitrogen functional groups attached to an aromatic ring is 1. The fraction of sp³-hybridized carbons (Fsp3) is 0.303. The summed E-state index contributed by atoms with van der Waals surface area (Å²) in [7, 11) is 0. The van der Waals surface area contributed by atoms with Crippen molar-refractivity contribution in [2.75, 3.05) is 32.0 Å². The number of aromatic nitrogens is 2. The number of fused-ring (bicyclic) bond motifs is 1. The lowest BCUT2D eigenvalue weighted by molar-refractivity contribution is -0.150. The van der Waals surface area contributed by atoms with Gasteiger partial charge in [-0.2, -0.15) is 0 Å². The highest BCUT2D eigenvalue weighted by Gasteiger charge is 2.41. The maximum Gasteiger partial charge on any atom is 0.245 e. The molecule has 1 fully saturated rings. The lowest BCUT2D eigenvalue weighted by Gasteiger charge is -2.40. The molecule has 1 atom stereocenters. The van der Waals surface area contributed by atoms with Gasteiger partial charge in [-0.25, -0.2) is 4.98 Å². The summed E-state index contributed by atoms with van der Waals surface area (Å²) in [5.41, 5.74) is 12.6. The van der Waals surface area contributed by atoms with Crippen molar-refractivity contribution in [2.45, 2.75) is 38.4 Å². The molecule has 210 valence electrons. The van der Waals surface area contributed by atoms with Crippen molar-refractivity contribution in [3.63, 3.8) is 0 Å². The molecular weight excluding hydrogens is 514 g/mol. The van der Waals surface area contributed by atoms with E-state index in [9.17, 15) is 9.59 Å². The second-order valence-corrected chi connectivity index (χ2v) is 10.8. The number of aryl methyl sites for hydroxylation is 1. The maximum absolute atomic E-state index is 14.6. The molecule has 0 saturated carbocycles. The van der Waals surface area contributed by atoms with Crippen LogP contribution in [0.5, 0.6) is 0 Å². The highest BCUT2D eigenvalue weighted by atomic mass is 16.5. The zero-order chi connectivity index (χ0) is 28.3. The number of hydrogen-bond acceptors (Lipinski definition) is 5. The Morgan fingerprint density at radius 3 is 2.27 bits per heavy atom. The minimum atomic E-state index is -0.633. The van der Waals surface area contributed by atoms with Gasteiger partial charge in [0.05, 0.1) is 37.7 Å². The lowest BCUT2D eigenvalue weighted by Crippen LogP contribution is -2.56. The number of nitrogens with zero attached hydrogens (tertiary/aromatic N) is 4. The van der Waals surface area contributed by atoms with Crippen LogP contribution in [0.25, 0.3) is 0 Å². The number of benzene rings is 3. The number of hydrogen-bond donors (Lipinski definition) is 1. The number of nitrogens with two attached hydrogens (primary N) is 1. The maximum atomic E-state index is 14.6. The van der Waals surface area contributed by atoms with Crippen molar-refractivity contribution in [2.24, 2.45) is 0 Å². The Bertz CT molecular complexity index is 1490. The molecule has 6 rings (SSSR count). The van der Waals surface area contributed by atoms with E-state index in [0.717, 1.165) is 39.3 Å². The van der Waals surface area contributed by atoms with Crippen LogP contribution >= 0.6 is 0 Å². The summed E-state index contributed by atoms with van der Waals surface area (Å²) in [6.07, 6.45) is 2.23. The van der Waals surface area contributed by atoms with Gasteiger partial charge in [0.1, 0.15) is 6.04 Å². The molecule has 1 unspecified atom stereocenters. The molecule has 3 aromatic carbocycles. The largest absolute Gasteiger partial charge is 0.399 e. The second-order valence-electron chi connectivity index (χ2n) is 10.8. The molecule has 2 amide bonds. The summed E-state index contributed by atoms with van der Waals surface area (Å²) in [4.78, 5) is 37.0. The van der Waals surface area contributed by atoms with Crippen LogP contribution in [-0.2, 0) is 33.8 Å². The van der Waals surface area contributed by atoms with Crippen LogP contribution in [0.1, 0.15) is 39.6 Å². The van der Waals surface area contributed by atoms with E-state index in [1.807, 2.05) is 90.9 Å². The monoisotopic (exact) mass is 549 g/mol. The predicted molar refractivity (Wildman–Crippen MR) is 157 cm³/mol. The number of rotatable bonds is 6. The molecule has 0 radical (unpaired) electrons. The van der Waals surface area contributed by atoms with Crippen LogP contribution in [0.4, 0.5) is 5.69 Å². The van der Waals surface area contributed by atoms with Crippen LogP contribution in [0.2, 0.25) is 0 Å². The van der Waals surface area contributed by atoms with E-state index < -0.39 is 12.0 Å². The third-order valence-electron chi connectivity index (χ3n) is 8.21. The minimum absolute atomic E-state index is 0.0387.